The predicted octanol–water partition coefficient (Wildman–Crippen LogP) is 1.45. The molecule has 2 aliphatic rings. The van der Waals surface area contributed by atoms with Crippen LogP contribution in [0.15, 0.2) is 18.2 Å². The maximum absolute atomic E-state index is 12.1. The van der Waals surface area contributed by atoms with Crippen molar-refractivity contribution in [2.75, 3.05) is 29.4 Å². The maximum atomic E-state index is 12.1. The van der Waals surface area contributed by atoms with Gasteiger partial charge in [0.25, 0.3) is 0 Å². The molecule has 128 valence electrons. The van der Waals surface area contributed by atoms with Crippen LogP contribution in [-0.4, -0.2) is 44.1 Å². The summed E-state index contributed by atoms with van der Waals surface area (Å²) in [7, 11) is 0. The van der Waals surface area contributed by atoms with Crippen LogP contribution in [-0.2, 0) is 20.7 Å². The molecule has 0 bridgehead atoms. The number of hydrogen-bond acceptors (Lipinski definition) is 4. The van der Waals surface area contributed by atoms with Crippen molar-refractivity contribution in [3.63, 3.8) is 0 Å². The summed E-state index contributed by atoms with van der Waals surface area (Å²) in [5.41, 5.74) is 2.74. The van der Waals surface area contributed by atoms with Crippen LogP contribution in [0.25, 0.3) is 0 Å². The third kappa shape index (κ3) is 3.34. The zero-order chi connectivity index (χ0) is 17.1. The number of anilines is 2. The summed E-state index contributed by atoms with van der Waals surface area (Å²) >= 11 is 0. The summed E-state index contributed by atoms with van der Waals surface area (Å²) in [6.07, 6.45) is 2.95. The largest absolute Gasteiger partial charge is 0.442 e. The van der Waals surface area contributed by atoms with Crippen LogP contribution in [0.3, 0.4) is 0 Å². The minimum atomic E-state index is -0.411. The van der Waals surface area contributed by atoms with Gasteiger partial charge in [-0.3, -0.25) is 14.5 Å². The van der Waals surface area contributed by atoms with Gasteiger partial charge in [0, 0.05) is 24.8 Å². The Kier molecular flexibility index (Phi) is 4.69. The average molecular weight is 331 g/mol. The highest BCUT2D eigenvalue weighted by molar-refractivity contribution is 5.91. The highest BCUT2D eigenvalue weighted by Crippen LogP contribution is 2.31. The van der Waals surface area contributed by atoms with Crippen molar-refractivity contribution >= 4 is 29.8 Å². The lowest BCUT2D eigenvalue weighted by Gasteiger charge is -2.20. The highest BCUT2D eigenvalue weighted by Gasteiger charge is 2.32. The fourth-order valence-corrected chi connectivity index (χ4v) is 3.14. The number of nitrogens with one attached hydrogen (secondary N) is 1. The molecule has 0 saturated carbocycles. The second-order valence-corrected chi connectivity index (χ2v) is 6.12. The van der Waals surface area contributed by atoms with Crippen LogP contribution >= 0.6 is 0 Å². The number of rotatable bonds is 4. The molecule has 1 aromatic rings. The van der Waals surface area contributed by atoms with Crippen molar-refractivity contribution < 1.29 is 19.1 Å². The predicted molar refractivity (Wildman–Crippen MR) is 89.1 cm³/mol. The average Bonchev–Trinajstić information content (AvgIpc) is 2.81. The molecule has 3 rings (SSSR count). The molecule has 3 amide bonds. The van der Waals surface area contributed by atoms with Gasteiger partial charge in [-0.05, 0) is 43.0 Å². The molecule has 0 aliphatic carbocycles. The Balaban J connectivity index is 1.78. The van der Waals surface area contributed by atoms with Crippen LogP contribution in [0.1, 0.15) is 25.3 Å². The smallest absolute Gasteiger partial charge is 0.414 e. The molecule has 1 atom stereocenters. The number of carbonyl (C=O) groups excluding carboxylic acids is 3. The Bertz CT molecular complexity index is 661. The summed E-state index contributed by atoms with van der Waals surface area (Å²) in [6.45, 7) is 2.86. The number of nitrogens with zero attached hydrogens (tertiary/aromatic N) is 2. The highest BCUT2D eigenvalue weighted by atomic mass is 16.6. The Labute approximate surface area is 140 Å². The third-order valence-corrected chi connectivity index (χ3v) is 4.36. The lowest BCUT2D eigenvalue weighted by molar-refractivity contribution is -0.119. The molecular formula is C17H21N3O4. The molecule has 7 nitrogen and oxygen atoms in total. The minimum absolute atomic E-state index is 0.150. The standard InChI is InChI=1S/C17H21N3O4/c1-12(22)18-9-15-10-20(17(23)24-15)14-5-6-16-13(8-14)4-2-3-7-19(16)11-21/h5-6,8,11,15H,2-4,7,9-10H2,1H3,(H,18,22). The summed E-state index contributed by atoms with van der Waals surface area (Å²) in [5, 5.41) is 2.66. The molecule has 0 aromatic heterocycles. The number of hydrogen-bond donors (Lipinski definition) is 1. The fraction of sp³-hybridized carbons (Fsp3) is 0.471. The van der Waals surface area contributed by atoms with Gasteiger partial charge in [-0.1, -0.05) is 0 Å². The molecule has 1 unspecified atom stereocenters. The number of benzene rings is 1. The van der Waals surface area contributed by atoms with E-state index in [1.165, 1.54) is 6.92 Å². The summed E-state index contributed by atoms with van der Waals surface area (Å²) < 4.78 is 5.30. The number of amides is 3. The molecule has 1 fully saturated rings. The number of cyclic esters (lactones) is 1. The first kappa shape index (κ1) is 16.3. The molecule has 0 spiro atoms. The first-order valence-corrected chi connectivity index (χ1v) is 8.16. The number of carbonyl (C=O) groups is 3. The quantitative estimate of drug-likeness (QED) is 0.847. The summed E-state index contributed by atoms with van der Waals surface area (Å²) in [6, 6.07) is 5.68. The van der Waals surface area contributed by atoms with Gasteiger partial charge in [-0.15, -0.1) is 0 Å². The SMILES string of the molecule is CC(=O)NCC1CN(c2ccc3c(c2)CCCCN3C=O)C(=O)O1. The van der Waals surface area contributed by atoms with Gasteiger partial charge >= 0.3 is 6.09 Å². The lowest BCUT2D eigenvalue weighted by atomic mass is 10.1. The second kappa shape index (κ2) is 6.90. The Morgan fingerprint density at radius 2 is 2.25 bits per heavy atom. The zero-order valence-corrected chi connectivity index (χ0v) is 13.7. The number of ether oxygens (including phenoxy) is 1. The molecule has 7 heteroatoms. The maximum Gasteiger partial charge on any atom is 0.414 e. The van der Waals surface area contributed by atoms with E-state index in [0.29, 0.717) is 13.1 Å². The van der Waals surface area contributed by atoms with Crippen LogP contribution in [0.2, 0.25) is 0 Å². The monoisotopic (exact) mass is 331 g/mol. The van der Waals surface area contributed by atoms with Gasteiger partial charge in [0.05, 0.1) is 13.1 Å². The van der Waals surface area contributed by atoms with Crippen molar-refractivity contribution in [3.8, 4) is 0 Å². The molecule has 1 saturated heterocycles. The molecule has 1 N–H and O–H groups in total. The van der Waals surface area contributed by atoms with Crippen molar-refractivity contribution in [2.45, 2.75) is 32.3 Å². The van der Waals surface area contributed by atoms with Gasteiger partial charge in [-0.25, -0.2) is 4.79 Å². The molecular weight excluding hydrogens is 310 g/mol. The Morgan fingerprint density at radius 3 is 3.00 bits per heavy atom. The van der Waals surface area contributed by atoms with Crippen LogP contribution in [0.5, 0.6) is 0 Å². The van der Waals surface area contributed by atoms with E-state index in [1.807, 2.05) is 18.2 Å². The normalized spacial score (nSPS) is 20.2. The van der Waals surface area contributed by atoms with E-state index in [-0.39, 0.29) is 12.0 Å². The van der Waals surface area contributed by atoms with Crippen molar-refractivity contribution in [3.05, 3.63) is 23.8 Å². The van der Waals surface area contributed by atoms with E-state index < -0.39 is 6.09 Å². The molecule has 2 heterocycles. The van der Waals surface area contributed by atoms with E-state index in [2.05, 4.69) is 5.32 Å². The third-order valence-electron chi connectivity index (χ3n) is 4.36. The fourth-order valence-electron chi connectivity index (χ4n) is 3.14. The first-order valence-electron chi connectivity index (χ1n) is 8.16. The van der Waals surface area contributed by atoms with E-state index in [4.69, 9.17) is 4.74 Å². The minimum Gasteiger partial charge on any atom is -0.442 e. The molecule has 0 radical (unpaired) electrons. The topological polar surface area (TPSA) is 79.0 Å². The Hall–Kier alpha value is -2.57. The van der Waals surface area contributed by atoms with Gasteiger partial charge in [-0.2, -0.15) is 0 Å². The second-order valence-electron chi connectivity index (χ2n) is 6.12. The Morgan fingerprint density at radius 1 is 1.42 bits per heavy atom. The van der Waals surface area contributed by atoms with E-state index in [9.17, 15) is 14.4 Å². The number of aryl methyl sites for hydroxylation is 1. The van der Waals surface area contributed by atoms with Crippen molar-refractivity contribution in [1.29, 1.82) is 0 Å². The van der Waals surface area contributed by atoms with Gasteiger partial charge in [0.1, 0.15) is 6.10 Å². The van der Waals surface area contributed by atoms with Crippen LogP contribution in [0, 0.1) is 0 Å². The summed E-state index contributed by atoms with van der Waals surface area (Å²) in [4.78, 5) is 37.6. The van der Waals surface area contributed by atoms with Crippen molar-refractivity contribution in [2.24, 2.45) is 0 Å². The van der Waals surface area contributed by atoms with Gasteiger partial charge < -0.3 is 15.0 Å². The van der Waals surface area contributed by atoms with Gasteiger partial charge in [0.15, 0.2) is 0 Å². The molecule has 2 aliphatic heterocycles. The zero-order valence-electron chi connectivity index (χ0n) is 13.7. The van der Waals surface area contributed by atoms with Crippen LogP contribution in [0.4, 0.5) is 16.2 Å². The lowest BCUT2D eigenvalue weighted by Crippen LogP contribution is -2.33. The van der Waals surface area contributed by atoms with Crippen molar-refractivity contribution in [1.82, 2.24) is 5.32 Å². The van der Waals surface area contributed by atoms with E-state index in [1.54, 1.807) is 9.80 Å². The van der Waals surface area contributed by atoms with Gasteiger partial charge in [0.2, 0.25) is 12.3 Å². The summed E-state index contributed by atoms with van der Waals surface area (Å²) in [5.74, 6) is -0.150. The molecule has 24 heavy (non-hydrogen) atoms. The van der Waals surface area contributed by atoms with E-state index in [0.717, 1.165) is 49.2 Å². The van der Waals surface area contributed by atoms with E-state index >= 15 is 0 Å². The number of fused-ring (bicyclic) bond motifs is 1. The first-order chi connectivity index (χ1) is 11.6. The molecule has 1 aromatic carbocycles. The van der Waals surface area contributed by atoms with Crippen LogP contribution < -0.4 is 15.1 Å².